The molecule has 1 aliphatic carbocycles. The number of nitrogens with zero attached hydrogens (tertiary/aromatic N) is 6. The zero-order valence-corrected chi connectivity index (χ0v) is 18.9. The molecular formula is C22H25ClN8O. The first-order valence-electron chi connectivity index (χ1n) is 10.7. The Morgan fingerprint density at radius 2 is 2.03 bits per heavy atom. The van der Waals surface area contributed by atoms with E-state index >= 15 is 0 Å². The van der Waals surface area contributed by atoms with Gasteiger partial charge in [-0.25, -0.2) is 9.97 Å². The summed E-state index contributed by atoms with van der Waals surface area (Å²) in [4.78, 5) is 20.3. The second-order valence-electron chi connectivity index (χ2n) is 8.55. The standard InChI is InChI=1S/C22H25ClN8O/c1-11(2)19-29-22(32-30-19)17-18(24)25-10-26-20(17)27-12(3)21-28-16-6-4-5-15(23)14(16)9-31(21)13-7-8-13/h4-6,9-13,21H,7-8H2,1-3H3,(H3,24,25,26,27)/t12?,21-/m1/s1. The average molecular weight is 453 g/mol. The maximum absolute atomic E-state index is 6.43. The number of nitrogens with two attached hydrogens (primary N) is 1. The first-order valence-corrected chi connectivity index (χ1v) is 11.1. The minimum absolute atomic E-state index is 0.0977. The summed E-state index contributed by atoms with van der Waals surface area (Å²) in [6.07, 6.45) is 5.70. The molecule has 9 nitrogen and oxygen atoms in total. The molecule has 0 amide bonds. The van der Waals surface area contributed by atoms with E-state index < -0.39 is 0 Å². The summed E-state index contributed by atoms with van der Waals surface area (Å²) in [6, 6.07) is 6.16. The monoisotopic (exact) mass is 452 g/mol. The third-order valence-corrected chi connectivity index (χ3v) is 6.04. The van der Waals surface area contributed by atoms with Gasteiger partial charge in [-0.2, -0.15) is 4.98 Å². The quantitative estimate of drug-likeness (QED) is 0.585. The van der Waals surface area contributed by atoms with E-state index in [9.17, 15) is 0 Å². The SMILES string of the molecule is CC(C)c1noc(-c2c(N)ncnc2NC(C)[C@@H]2N=c3cccc(Cl)c3=CN2C2CC2)n1. The van der Waals surface area contributed by atoms with Crippen LogP contribution in [-0.4, -0.2) is 43.3 Å². The Bertz CT molecular complexity index is 1270. The van der Waals surface area contributed by atoms with Crippen molar-refractivity contribution in [2.24, 2.45) is 4.99 Å². The molecule has 3 aromatic rings. The molecule has 1 fully saturated rings. The molecule has 0 spiro atoms. The van der Waals surface area contributed by atoms with Gasteiger partial charge in [0.2, 0.25) is 0 Å². The van der Waals surface area contributed by atoms with Gasteiger partial charge in [0.1, 0.15) is 29.7 Å². The maximum Gasteiger partial charge on any atom is 0.265 e. The smallest absolute Gasteiger partial charge is 0.265 e. The third-order valence-electron chi connectivity index (χ3n) is 5.71. The number of anilines is 2. The molecule has 2 aromatic heterocycles. The molecule has 1 aliphatic heterocycles. The van der Waals surface area contributed by atoms with Crippen molar-refractivity contribution in [2.75, 3.05) is 11.1 Å². The average Bonchev–Trinajstić information content (AvgIpc) is 3.50. The van der Waals surface area contributed by atoms with E-state index in [4.69, 9.17) is 26.9 Å². The Balaban J connectivity index is 1.50. The highest BCUT2D eigenvalue weighted by Crippen LogP contribution is 2.34. The lowest BCUT2D eigenvalue weighted by Gasteiger charge is -2.35. The van der Waals surface area contributed by atoms with Gasteiger partial charge in [0.15, 0.2) is 5.82 Å². The van der Waals surface area contributed by atoms with Crippen molar-refractivity contribution >= 4 is 29.4 Å². The summed E-state index contributed by atoms with van der Waals surface area (Å²) in [7, 11) is 0. The number of halogens is 1. The number of rotatable bonds is 6. The van der Waals surface area contributed by atoms with Gasteiger partial charge in [-0.3, -0.25) is 4.99 Å². The Labute approximate surface area is 190 Å². The van der Waals surface area contributed by atoms with Gasteiger partial charge in [0.05, 0.1) is 16.4 Å². The fourth-order valence-electron chi connectivity index (χ4n) is 3.85. The highest BCUT2D eigenvalue weighted by Gasteiger charge is 2.36. The second-order valence-corrected chi connectivity index (χ2v) is 8.96. The van der Waals surface area contributed by atoms with Crippen molar-refractivity contribution in [3.8, 4) is 11.5 Å². The van der Waals surface area contributed by atoms with E-state index in [0.29, 0.717) is 34.2 Å². The predicted octanol–water partition coefficient (Wildman–Crippen LogP) is 2.55. The van der Waals surface area contributed by atoms with E-state index in [-0.39, 0.29) is 23.9 Å². The Morgan fingerprint density at radius 1 is 1.22 bits per heavy atom. The summed E-state index contributed by atoms with van der Waals surface area (Å²) >= 11 is 6.43. The topological polar surface area (TPSA) is 118 Å². The molecule has 1 unspecified atom stereocenters. The van der Waals surface area contributed by atoms with E-state index in [0.717, 1.165) is 23.4 Å². The van der Waals surface area contributed by atoms with Crippen LogP contribution in [0.15, 0.2) is 34.0 Å². The van der Waals surface area contributed by atoms with Gasteiger partial charge in [-0.05, 0) is 31.9 Å². The molecule has 166 valence electrons. The summed E-state index contributed by atoms with van der Waals surface area (Å²) in [5.41, 5.74) is 6.68. The van der Waals surface area contributed by atoms with Crippen LogP contribution < -0.4 is 21.6 Å². The zero-order chi connectivity index (χ0) is 22.4. The van der Waals surface area contributed by atoms with Crippen LogP contribution in [0.5, 0.6) is 0 Å². The van der Waals surface area contributed by atoms with E-state index in [1.165, 1.54) is 6.33 Å². The molecular weight excluding hydrogens is 428 g/mol. The summed E-state index contributed by atoms with van der Waals surface area (Å²) in [6.45, 7) is 6.07. The fraction of sp³-hybridized carbons (Fsp3) is 0.409. The number of hydrogen-bond donors (Lipinski definition) is 2. The van der Waals surface area contributed by atoms with Crippen molar-refractivity contribution in [2.45, 2.75) is 57.8 Å². The van der Waals surface area contributed by atoms with Crippen LogP contribution in [0.1, 0.15) is 45.4 Å². The Morgan fingerprint density at radius 3 is 2.75 bits per heavy atom. The van der Waals surface area contributed by atoms with E-state index in [1.807, 2.05) is 32.0 Å². The lowest BCUT2D eigenvalue weighted by atomic mass is 10.1. The predicted molar refractivity (Wildman–Crippen MR) is 122 cm³/mol. The van der Waals surface area contributed by atoms with Crippen LogP contribution in [0, 0.1) is 0 Å². The lowest BCUT2D eigenvalue weighted by Crippen LogP contribution is -2.50. The van der Waals surface area contributed by atoms with Crippen LogP contribution in [0.2, 0.25) is 5.02 Å². The largest absolute Gasteiger partial charge is 0.383 e. The number of nitrogens with one attached hydrogen (secondary N) is 1. The van der Waals surface area contributed by atoms with Gasteiger partial charge in [-0.1, -0.05) is 36.7 Å². The number of aromatic nitrogens is 4. The molecule has 1 aromatic carbocycles. The van der Waals surface area contributed by atoms with Crippen molar-refractivity contribution < 1.29 is 4.52 Å². The number of fused-ring (bicyclic) bond motifs is 1. The van der Waals surface area contributed by atoms with Crippen LogP contribution in [0.3, 0.4) is 0 Å². The van der Waals surface area contributed by atoms with Crippen LogP contribution in [-0.2, 0) is 0 Å². The van der Waals surface area contributed by atoms with Crippen LogP contribution in [0.4, 0.5) is 11.6 Å². The van der Waals surface area contributed by atoms with Crippen molar-refractivity contribution in [3.05, 3.63) is 45.9 Å². The molecule has 0 saturated heterocycles. The molecule has 2 atom stereocenters. The molecule has 2 aliphatic rings. The van der Waals surface area contributed by atoms with Gasteiger partial charge in [0.25, 0.3) is 5.89 Å². The van der Waals surface area contributed by atoms with Crippen molar-refractivity contribution in [3.63, 3.8) is 0 Å². The van der Waals surface area contributed by atoms with Crippen molar-refractivity contribution in [1.29, 1.82) is 0 Å². The zero-order valence-electron chi connectivity index (χ0n) is 18.2. The molecule has 0 bridgehead atoms. The molecule has 1 saturated carbocycles. The summed E-state index contributed by atoms with van der Waals surface area (Å²) in [5.74, 6) is 1.84. The number of nitrogen functional groups attached to an aromatic ring is 1. The van der Waals surface area contributed by atoms with Gasteiger partial charge in [-0.15, -0.1) is 0 Å². The first kappa shape index (κ1) is 20.7. The van der Waals surface area contributed by atoms with Gasteiger partial charge < -0.3 is 20.5 Å². The lowest BCUT2D eigenvalue weighted by molar-refractivity contribution is 0.269. The molecule has 0 radical (unpaired) electrons. The molecule has 5 rings (SSSR count). The first-order chi connectivity index (χ1) is 15.4. The molecule has 32 heavy (non-hydrogen) atoms. The highest BCUT2D eigenvalue weighted by molar-refractivity contribution is 6.30. The molecule has 3 N–H and O–H groups in total. The normalized spacial score (nSPS) is 18.7. The Kier molecular flexibility index (Phi) is 5.21. The minimum atomic E-state index is -0.133. The Hall–Kier alpha value is -3.20. The van der Waals surface area contributed by atoms with Gasteiger partial charge in [0, 0.05) is 23.4 Å². The fourth-order valence-corrected chi connectivity index (χ4v) is 4.06. The van der Waals surface area contributed by atoms with Crippen LogP contribution >= 0.6 is 11.6 Å². The van der Waals surface area contributed by atoms with Crippen LogP contribution in [0.25, 0.3) is 17.7 Å². The third kappa shape index (κ3) is 3.77. The molecule has 10 heteroatoms. The molecule has 3 heterocycles. The van der Waals surface area contributed by atoms with E-state index in [2.05, 4.69) is 43.4 Å². The second kappa shape index (κ2) is 8.05. The number of benzene rings is 1. The summed E-state index contributed by atoms with van der Waals surface area (Å²) < 4.78 is 5.47. The van der Waals surface area contributed by atoms with Gasteiger partial charge >= 0.3 is 0 Å². The highest BCUT2D eigenvalue weighted by atomic mass is 35.5. The minimum Gasteiger partial charge on any atom is -0.383 e. The van der Waals surface area contributed by atoms with Crippen molar-refractivity contribution in [1.82, 2.24) is 25.0 Å². The summed E-state index contributed by atoms with van der Waals surface area (Å²) in [5, 5.41) is 10.1. The maximum atomic E-state index is 6.43. The van der Waals surface area contributed by atoms with E-state index in [1.54, 1.807) is 0 Å². The number of hydrogen-bond acceptors (Lipinski definition) is 9.